The number of hydrogen-bond donors (Lipinski definition) is 1. The molecule has 0 bridgehead atoms. The second-order valence-corrected chi connectivity index (χ2v) is 8.49. The van der Waals surface area contributed by atoms with E-state index in [1.54, 1.807) is 4.68 Å². The largest absolute Gasteiger partial charge is 0.311 e. The number of aromatic nitrogens is 3. The van der Waals surface area contributed by atoms with Gasteiger partial charge in [0.1, 0.15) is 16.8 Å². The van der Waals surface area contributed by atoms with Crippen LogP contribution in [0, 0.1) is 11.3 Å². The summed E-state index contributed by atoms with van der Waals surface area (Å²) in [5.74, 6) is -0.365. The highest BCUT2D eigenvalue weighted by molar-refractivity contribution is 7.16. The minimum absolute atomic E-state index is 0.227. The van der Waals surface area contributed by atoms with E-state index in [0.717, 1.165) is 42.5 Å². The minimum atomic E-state index is -0.365. The smallest absolute Gasteiger partial charge is 0.279 e. The van der Waals surface area contributed by atoms with Crippen LogP contribution in [0.4, 0.5) is 5.00 Å². The Labute approximate surface area is 183 Å². The lowest BCUT2D eigenvalue weighted by Crippen LogP contribution is -2.14. The third-order valence-corrected chi connectivity index (χ3v) is 6.65. The molecule has 0 spiro atoms. The standard InChI is InChI=1S/C24H19N5OS/c25-15-19-18-13-7-8-14-20(18)31-24(19)26-23(30)21-22(16-9-3-1-4-10-16)29(28-27-21)17-11-5-2-6-12-17/h1-6,9-12H,7-8,13-14H2,(H,26,30). The molecule has 2 aromatic carbocycles. The molecule has 152 valence electrons. The second kappa shape index (κ2) is 8.17. The lowest BCUT2D eigenvalue weighted by atomic mass is 9.96. The normalized spacial score (nSPS) is 12.7. The molecule has 0 saturated heterocycles. The average molecular weight is 426 g/mol. The molecule has 0 radical (unpaired) electrons. The van der Waals surface area contributed by atoms with E-state index in [0.29, 0.717) is 16.3 Å². The molecule has 6 nitrogen and oxygen atoms in total. The number of carbonyl (C=O) groups is 1. The van der Waals surface area contributed by atoms with Crippen molar-refractivity contribution in [2.45, 2.75) is 25.7 Å². The summed E-state index contributed by atoms with van der Waals surface area (Å²) in [5.41, 5.74) is 4.18. The number of aryl methyl sites for hydroxylation is 1. The zero-order valence-electron chi connectivity index (χ0n) is 16.7. The zero-order valence-corrected chi connectivity index (χ0v) is 17.5. The van der Waals surface area contributed by atoms with E-state index in [2.05, 4.69) is 21.7 Å². The maximum absolute atomic E-state index is 13.3. The fourth-order valence-electron chi connectivity index (χ4n) is 3.97. The quantitative estimate of drug-likeness (QED) is 0.499. The number of amides is 1. The van der Waals surface area contributed by atoms with E-state index in [-0.39, 0.29) is 11.6 Å². The lowest BCUT2D eigenvalue weighted by molar-refractivity contribution is 0.102. The highest BCUT2D eigenvalue weighted by Gasteiger charge is 2.26. The monoisotopic (exact) mass is 425 g/mol. The molecule has 0 unspecified atom stereocenters. The Hall–Kier alpha value is -3.76. The third-order valence-electron chi connectivity index (χ3n) is 5.44. The minimum Gasteiger partial charge on any atom is -0.311 e. The number of thiophene rings is 1. The van der Waals surface area contributed by atoms with Gasteiger partial charge in [-0.1, -0.05) is 53.7 Å². The van der Waals surface area contributed by atoms with Crippen LogP contribution >= 0.6 is 11.3 Å². The summed E-state index contributed by atoms with van der Waals surface area (Å²) in [4.78, 5) is 14.5. The first kappa shape index (κ1) is 19.2. The molecule has 1 N–H and O–H groups in total. The number of nitrogens with zero attached hydrogens (tertiary/aromatic N) is 4. The highest BCUT2D eigenvalue weighted by Crippen LogP contribution is 2.38. The van der Waals surface area contributed by atoms with E-state index in [9.17, 15) is 10.1 Å². The van der Waals surface area contributed by atoms with E-state index in [4.69, 9.17) is 0 Å². The van der Waals surface area contributed by atoms with Crippen LogP contribution < -0.4 is 5.32 Å². The molecule has 0 aliphatic heterocycles. The van der Waals surface area contributed by atoms with Crippen LogP contribution in [0.5, 0.6) is 0 Å². The van der Waals surface area contributed by atoms with Crippen LogP contribution in [0.1, 0.15) is 39.3 Å². The molecule has 5 rings (SSSR count). The van der Waals surface area contributed by atoms with Crippen molar-refractivity contribution in [2.75, 3.05) is 5.32 Å². The van der Waals surface area contributed by atoms with Gasteiger partial charge in [0.15, 0.2) is 5.69 Å². The van der Waals surface area contributed by atoms with Crippen molar-refractivity contribution < 1.29 is 4.79 Å². The Kier molecular flexibility index (Phi) is 5.06. The van der Waals surface area contributed by atoms with Gasteiger partial charge in [0.05, 0.1) is 11.3 Å². The summed E-state index contributed by atoms with van der Waals surface area (Å²) < 4.78 is 1.68. The van der Waals surface area contributed by atoms with Gasteiger partial charge < -0.3 is 5.32 Å². The third kappa shape index (κ3) is 3.51. The summed E-state index contributed by atoms with van der Waals surface area (Å²) in [6, 6.07) is 21.5. The number of anilines is 1. The van der Waals surface area contributed by atoms with Crippen molar-refractivity contribution in [2.24, 2.45) is 0 Å². The highest BCUT2D eigenvalue weighted by atomic mass is 32.1. The first-order valence-corrected chi connectivity index (χ1v) is 11.0. The fraction of sp³-hybridized carbons (Fsp3) is 0.167. The van der Waals surface area contributed by atoms with E-state index < -0.39 is 0 Å². The lowest BCUT2D eigenvalue weighted by Gasteiger charge is -2.09. The van der Waals surface area contributed by atoms with Crippen LogP contribution in [0.25, 0.3) is 16.9 Å². The first-order chi connectivity index (χ1) is 15.3. The van der Waals surface area contributed by atoms with Crippen LogP contribution in [0.2, 0.25) is 0 Å². The van der Waals surface area contributed by atoms with Gasteiger partial charge in [-0.15, -0.1) is 16.4 Å². The molecule has 1 aliphatic carbocycles. The van der Waals surface area contributed by atoms with Crippen molar-refractivity contribution in [3.63, 3.8) is 0 Å². The first-order valence-electron chi connectivity index (χ1n) is 10.2. The number of para-hydroxylation sites is 1. The van der Waals surface area contributed by atoms with Gasteiger partial charge >= 0.3 is 0 Å². The molecule has 2 aromatic heterocycles. The molecule has 0 fully saturated rings. The number of hydrogen-bond acceptors (Lipinski definition) is 5. The van der Waals surface area contributed by atoms with Crippen molar-refractivity contribution >= 4 is 22.2 Å². The Morgan fingerprint density at radius 2 is 1.74 bits per heavy atom. The molecule has 31 heavy (non-hydrogen) atoms. The van der Waals surface area contributed by atoms with Gasteiger partial charge in [-0.25, -0.2) is 4.68 Å². The summed E-state index contributed by atoms with van der Waals surface area (Å²) in [7, 11) is 0. The summed E-state index contributed by atoms with van der Waals surface area (Å²) in [6.45, 7) is 0. The second-order valence-electron chi connectivity index (χ2n) is 7.38. The van der Waals surface area contributed by atoms with Crippen molar-refractivity contribution in [1.29, 1.82) is 5.26 Å². The number of benzene rings is 2. The Bertz CT molecular complexity index is 1290. The number of fused-ring (bicyclic) bond motifs is 1. The predicted octanol–water partition coefficient (Wildman–Crippen LogP) is 5.00. The molecular formula is C24H19N5OS. The van der Waals surface area contributed by atoms with Crippen molar-refractivity contribution in [3.05, 3.63) is 82.4 Å². The van der Waals surface area contributed by atoms with Crippen LogP contribution in [0.3, 0.4) is 0 Å². The molecular weight excluding hydrogens is 406 g/mol. The van der Waals surface area contributed by atoms with Crippen molar-refractivity contribution in [3.8, 4) is 23.0 Å². The fourth-order valence-corrected chi connectivity index (χ4v) is 5.21. The van der Waals surface area contributed by atoms with Gasteiger partial charge in [0.25, 0.3) is 5.91 Å². The zero-order chi connectivity index (χ0) is 21.2. The average Bonchev–Trinajstić information content (AvgIpc) is 3.41. The Balaban J connectivity index is 1.57. The number of nitrogens with one attached hydrogen (secondary N) is 1. The summed E-state index contributed by atoms with van der Waals surface area (Å²) in [6.07, 6.45) is 4.05. The molecule has 0 saturated carbocycles. The Morgan fingerprint density at radius 1 is 1.03 bits per heavy atom. The van der Waals surface area contributed by atoms with Crippen LogP contribution in [-0.2, 0) is 12.8 Å². The van der Waals surface area contributed by atoms with E-state index in [1.165, 1.54) is 16.2 Å². The molecule has 7 heteroatoms. The van der Waals surface area contributed by atoms with Gasteiger partial charge in [-0.3, -0.25) is 4.79 Å². The summed E-state index contributed by atoms with van der Waals surface area (Å²) >= 11 is 1.50. The van der Waals surface area contributed by atoms with Gasteiger partial charge in [-0.05, 0) is 43.4 Å². The maximum atomic E-state index is 13.3. The van der Waals surface area contributed by atoms with Crippen molar-refractivity contribution in [1.82, 2.24) is 15.0 Å². The number of carbonyl (C=O) groups excluding carboxylic acids is 1. The summed E-state index contributed by atoms with van der Waals surface area (Å²) in [5, 5.41) is 21.8. The molecule has 4 aromatic rings. The number of rotatable bonds is 4. The SMILES string of the molecule is N#Cc1c(NC(=O)c2nnn(-c3ccccc3)c2-c2ccccc2)sc2c1CCCC2. The van der Waals surface area contributed by atoms with Crippen LogP contribution in [-0.4, -0.2) is 20.9 Å². The predicted molar refractivity (Wildman–Crippen MR) is 120 cm³/mol. The molecule has 0 atom stereocenters. The molecule has 2 heterocycles. The van der Waals surface area contributed by atoms with E-state index in [1.807, 2.05) is 60.7 Å². The van der Waals surface area contributed by atoms with Gasteiger partial charge in [0.2, 0.25) is 0 Å². The molecule has 1 amide bonds. The molecule has 1 aliphatic rings. The van der Waals surface area contributed by atoms with Crippen LogP contribution in [0.15, 0.2) is 60.7 Å². The van der Waals surface area contributed by atoms with E-state index >= 15 is 0 Å². The topological polar surface area (TPSA) is 83.6 Å². The van der Waals surface area contributed by atoms with Gasteiger partial charge in [0, 0.05) is 10.4 Å². The number of nitriles is 1. The maximum Gasteiger partial charge on any atom is 0.279 e. The Morgan fingerprint density at radius 3 is 2.48 bits per heavy atom. The van der Waals surface area contributed by atoms with Gasteiger partial charge in [-0.2, -0.15) is 5.26 Å².